The van der Waals surface area contributed by atoms with Gasteiger partial charge in [0.15, 0.2) is 0 Å². The molecule has 0 saturated carbocycles. The monoisotopic (exact) mass is 238 g/mol. The third-order valence-electron chi connectivity index (χ3n) is 3.27. The van der Waals surface area contributed by atoms with Crippen molar-refractivity contribution in [3.05, 3.63) is 34.9 Å². The van der Waals surface area contributed by atoms with E-state index in [1.54, 1.807) is 0 Å². The van der Waals surface area contributed by atoms with Crippen LogP contribution in [-0.4, -0.2) is 24.0 Å². The number of halogens is 1. The second-order valence-electron chi connectivity index (χ2n) is 4.48. The Labute approximate surface area is 102 Å². The summed E-state index contributed by atoms with van der Waals surface area (Å²) in [6.07, 6.45) is 2.27. The van der Waals surface area contributed by atoms with Gasteiger partial charge in [-0.2, -0.15) is 0 Å². The Hall–Kier alpha value is -0.570. The minimum atomic E-state index is 0.257. The van der Waals surface area contributed by atoms with Gasteiger partial charge in [-0.15, -0.1) is 0 Å². The summed E-state index contributed by atoms with van der Waals surface area (Å²) >= 11 is 5.91. The van der Waals surface area contributed by atoms with Crippen molar-refractivity contribution in [2.24, 2.45) is 5.73 Å². The Morgan fingerprint density at radius 2 is 2.06 bits per heavy atom. The quantitative estimate of drug-likeness (QED) is 0.878. The summed E-state index contributed by atoms with van der Waals surface area (Å²) in [4.78, 5) is 2.48. The number of hydrogen-bond acceptors (Lipinski definition) is 2. The van der Waals surface area contributed by atoms with Gasteiger partial charge in [-0.3, -0.25) is 4.90 Å². The summed E-state index contributed by atoms with van der Waals surface area (Å²) in [6, 6.07) is 8.73. The summed E-state index contributed by atoms with van der Waals surface area (Å²) in [5.41, 5.74) is 7.49. The average molecular weight is 239 g/mol. The molecular formula is C13H19ClN2. The van der Waals surface area contributed by atoms with Gasteiger partial charge in [0.05, 0.1) is 0 Å². The minimum Gasteiger partial charge on any atom is -0.326 e. The fourth-order valence-corrected chi connectivity index (χ4v) is 2.66. The topological polar surface area (TPSA) is 29.3 Å². The molecule has 1 fully saturated rings. The van der Waals surface area contributed by atoms with Crippen LogP contribution in [0.3, 0.4) is 0 Å². The second-order valence-corrected chi connectivity index (χ2v) is 4.92. The number of likely N-dealkylation sites (tertiary alicyclic amines) is 1. The first kappa shape index (κ1) is 11.9. The minimum absolute atomic E-state index is 0.257. The van der Waals surface area contributed by atoms with Crippen molar-refractivity contribution < 1.29 is 0 Å². The van der Waals surface area contributed by atoms with Gasteiger partial charge in [0, 0.05) is 23.7 Å². The molecule has 0 unspecified atom stereocenters. The van der Waals surface area contributed by atoms with Gasteiger partial charge in [0.25, 0.3) is 0 Å². The van der Waals surface area contributed by atoms with Crippen LogP contribution in [0.25, 0.3) is 0 Å². The lowest BCUT2D eigenvalue weighted by atomic mass is 10.0. The molecule has 2 atom stereocenters. The summed E-state index contributed by atoms with van der Waals surface area (Å²) in [5.74, 6) is 0. The Morgan fingerprint density at radius 1 is 1.38 bits per heavy atom. The third kappa shape index (κ3) is 2.40. The van der Waals surface area contributed by atoms with Crippen molar-refractivity contribution in [1.82, 2.24) is 4.90 Å². The highest BCUT2D eigenvalue weighted by Crippen LogP contribution is 2.31. The highest BCUT2D eigenvalue weighted by Gasteiger charge is 2.31. The van der Waals surface area contributed by atoms with Gasteiger partial charge in [-0.1, -0.05) is 30.7 Å². The Morgan fingerprint density at radius 3 is 2.69 bits per heavy atom. The fourth-order valence-electron chi connectivity index (χ4n) is 2.54. The lowest BCUT2D eigenvalue weighted by Crippen LogP contribution is -2.32. The molecule has 2 N–H and O–H groups in total. The van der Waals surface area contributed by atoms with Gasteiger partial charge in [-0.25, -0.2) is 0 Å². The maximum Gasteiger partial charge on any atom is 0.0499 e. The number of rotatable bonds is 3. The van der Waals surface area contributed by atoms with E-state index in [0.29, 0.717) is 6.04 Å². The molecule has 1 aliphatic rings. The van der Waals surface area contributed by atoms with E-state index in [2.05, 4.69) is 24.0 Å². The zero-order chi connectivity index (χ0) is 11.5. The van der Waals surface area contributed by atoms with E-state index in [1.807, 2.05) is 12.1 Å². The van der Waals surface area contributed by atoms with Gasteiger partial charge in [-0.05, 0) is 37.1 Å². The van der Waals surface area contributed by atoms with Crippen LogP contribution in [0.5, 0.6) is 0 Å². The number of nitrogens with zero attached hydrogens (tertiary/aromatic N) is 1. The van der Waals surface area contributed by atoms with Crippen molar-refractivity contribution in [3.63, 3.8) is 0 Å². The normalized spacial score (nSPS) is 26.2. The van der Waals surface area contributed by atoms with Gasteiger partial charge in [0.1, 0.15) is 0 Å². The van der Waals surface area contributed by atoms with E-state index in [4.69, 9.17) is 17.3 Å². The molecule has 2 nitrogen and oxygen atoms in total. The summed E-state index contributed by atoms with van der Waals surface area (Å²) < 4.78 is 0. The average Bonchev–Trinajstić information content (AvgIpc) is 2.62. The maximum absolute atomic E-state index is 6.20. The molecule has 1 aromatic rings. The summed E-state index contributed by atoms with van der Waals surface area (Å²) in [6.45, 7) is 4.45. The molecule has 1 aromatic carbocycles. The van der Waals surface area contributed by atoms with Crippen LogP contribution in [0.2, 0.25) is 5.02 Å². The fraction of sp³-hybridized carbons (Fsp3) is 0.538. The molecule has 1 heterocycles. The second kappa shape index (κ2) is 5.17. The van der Waals surface area contributed by atoms with Crippen molar-refractivity contribution in [2.45, 2.75) is 31.8 Å². The predicted molar refractivity (Wildman–Crippen MR) is 68.6 cm³/mol. The van der Waals surface area contributed by atoms with Crippen LogP contribution in [0.1, 0.15) is 31.4 Å². The highest BCUT2D eigenvalue weighted by atomic mass is 35.5. The van der Waals surface area contributed by atoms with Crippen molar-refractivity contribution in [3.8, 4) is 0 Å². The molecule has 3 heteroatoms. The van der Waals surface area contributed by atoms with Gasteiger partial charge < -0.3 is 5.73 Å². The summed E-state index contributed by atoms with van der Waals surface area (Å²) in [5, 5.41) is 0.789. The standard InChI is InChI=1S/C13H19ClN2/c1-2-8-16-9-7-12(15)13(16)10-3-5-11(14)6-4-10/h3-6,12-13H,2,7-9,15H2,1H3/t12-,13+/m1/s1. The molecule has 0 spiro atoms. The first-order valence-corrected chi connectivity index (χ1v) is 6.35. The van der Waals surface area contributed by atoms with E-state index < -0.39 is 0 Å². The van der Waals surface area contributed by atoms with Crippen LogP contribution >= 0.6 is 11.6 Å². The first-order chi connectivity index (χ1) is 7.72. The van der Waals surface area contributed by atoms with E-state index in [1.165, 1.54) is 12.0 Å². The molecule has 0 bridgehead atoms. The Balaban J connectivity index is 2.19. The van der Waals surface area contributed by atoms with E-state index in [9.17, 15) is 0 Å². The van der Waals surface area contributed by atoms with Crippen molar-refractivity contribution in [2.75, 3.05) is 13.1 Å². The van der Waals surface area contributed by atoms with E-state index in [-0.39, 0.29) is 6.04 Å². The SMILES string of the molecule is CCCN1CC[C@@H](N)[C@@H]1c1ccc(Cl)cc1. The highest BCUT2D eigenvalue weighted by molar-refractivity contribution is 6.30. The molecule has 1 saturated heterocycles. The van der Waals surface area contributed by atoms with Crippen LogP contribution < -0.4 is 5.73 Å². The lowest BCUT2D eigenvalue weighted by Gasteiger charge is -2.26. The van der Waals surface area contributed by atoms with Crippen LogP contribution in [0, 0.1) is 0 Å². The number of nitrogens with two attached hydrogens (primary N) is 1. The third-order valence-corrected chi connectivity index (χ3v) is 3.52. The van der Waals surface area contributed by atoms with Crippen molar-refractivity contribution >= 4 is 11.6 Å². The van der Waals surface area contributed by atoms with E-state index >= 15 is 0 Å². The van der Waals surface area contributed by atoms with Crippen LogP contribution in [0.15, 0.2) is 24.3 Å². The molecule has 2 rings (SSSR count). The van der Waals surface area contributed by atoms with Crippen molar-refractivity contribution in [1.29, 1.82) is 0 Å². The molecular weight excluding hydrogens is 220 g/mol. The molecule has 1 aliphatic heterocycles. The molecule has 0 radical (unpaired) electrons. The van der Waals surface area contributed by atoms with E-state index in [0.717, 1.165) is 24.5 Å². The lowest BCUT2D eigenvalue weighted by molar-refractivity contribution is 0.248. The maximum atomic E-state index is 6.20. The van der Waals surface area contributed by atoms with Crippen LogP contribution in [0.4, 0.5) is 0 Å². The Kier molecular flexibility index (Phi) is 3.85. The van der Waals surface area contributed by atoms with Gasteiger partial charge in [0.2, 0.25) is 0 Å². The molecule has 0 aliphatic carbocycles. The number of hydrogen-bond donors (Lipinski definition) is 1. The Bertz CT molecular complexity index is 334. The largest absolute Gasteiger partial charge is 0.326 e. The molecule has 88 valence electrons. The smallest absolute Gasteiger partial charge is 0.0499 e. The predicted octanol–water partition coefficient (Wildman–Crippen LogP) is 2.82. The summed E-state index contributed by atoms with van der Waals surface area (Å²) in [7, 11) is 0. The first-order valence-electron chi connectivity index (χ1n) is 5.97. The number of benzene rings is 1. The zero-order valence-electron chi connectivity index (χ0n) is 9.70. The molecule has 0 amide bonds. The zero-order valence-corrected chi connectivity index (χ0v) is 10.5. The molecule has 0 aromatic heterocycles. The van der Waals surface area contributed by atoms with Gasteiger partial charge >= 0.3 is 0 Å². The van der Waals surface area contributed by atoms with Crippen LogP contribution in [-0.2, 0) is 0 Å². The molecule has 16 heavy (non-hydrogen) atoms.